The first-order valence-corrected chi connectivity index (χ1v) is 7.17. The molecule has 0 radical (unpaired) electrons. The Kier molecular flexibility index (Phi) is 5.57. The summed E-state index contributed by atoms with van der Waals surface area (Å²) in [4.78, 5) is 0. The van der Waals surface area contributed by atoms with E-state index in [0.717, 1.165) is 0 Å². The number of hydrogen-bond donors (Lipinski definition) is 5. The Morgan fingerprint density at radius 2 is 2.11 bits per heavy atom. The van der Waals surface area contributed by atoms with Crippen molar-refractivity contribution in [2.24, 2.45) is 0 Å². The molecule has 5 atom stereocenters. The standard InChI is InChI=1S/C6H13NO9S2/c8-2-3-1-4(16-18(12,13)14)5(6(9)15-3)7-17(10)11/h3-9H,1-2H2,(H,10,11)(H,12,13,14)/t3?,4-,5?,6?/m0/s1. The van der Waals surface area contributed by atoms with Gasteiger partial charge in [-0.25, -0.2) is 13.1 Å². The fourth-order valence-electron chi connectivity index (χ4n) is 1.55. The van der Waals surface area contributed by atoms with Crippen molar-refractivity contribution in [3.63, 3.8) is 0 Å². The minimum Gasteiger partial charge on any atom is -0.394 e. The molecule has 1 aliphatic heterocycles. The number of hydrogen-bond acceptors (Lipinski definition) is 7. The van der Waals surface area contributed by atoms with E-state index in [1.54, 1.807) is 0 Å². The molecule has 1 rings (SSSR count). The molecule has 108 valence electrons. The molecule has 0 bridgehead atoms. The zero-order valence-corrected chi connectivity index (χ0v) is 10.5. The molecular formula is C6H13NO9S2. The van der Waals surface area contributed by atoms with Gasteiger partial charge in [0, 0.05) is 6.42 Å². The maximum Gasteiger partial charge on any atom is 0.397 e. The molecule has 5 N–H and O–H groups in total. The first kappa shape index (κ1) is 15.9. The van der Waals surface area contributed by atoms with Crippen LogP contribution in [0, 0.1) is 0 Å². The minimum atomic E-state index is -4.82. The van der Waals surface area contributed by atoms with Crippen LogP contribution in [0.15, 0.2) is 0 Å². The SMILES string of the molecule is O=S(O)NC1C(O)OC(CO)C[C@@H]1OS(=O)(=O)O. The van der Waals surface area contributed by atoms with Crippen LogP contribution in [0.5, 0.6) is 0 Å². The van der Waals surface area contributed by atoms with Crippen LogP contribution in [-0.4, -0.2) is 63.1 Å². The van der Waals surface area contributed by atoms with Crippen molar-refractivity contribution >= 4 is 21.7 Å². The molecular weight excluding hydrogens is 294 g/mol. The molecule has 18 heavy (non-hydrogen) atoms. The molecule has 1 saturated heterocycles. The second kappa shape index (κ2) is 6.31. The molecule has 4 unspecified atom stereocenters. The topological polar surface area (TPSA) is 163 Å². The number of ether oxygens (including phenoxy) is 1. The zero-order chi connectivity index (χ0) is 13.9. The Morgan fingerprint density at radius 1 is 1.50 bits per heavy atom. The van der Waals surface area contributed by atoms with Crippen molar-refractivity contribution in [3.05, 3.63) is 0 Å². The van der Waals surface area contributed by atoms with Gasteiger partial charge in [0.1, 0.15) is 12.1 Å². The van der Waals surface area contributed by atoms with Crippen LogP contribution in [0.3, 0.4) is 0 Å². The van der Waals surface area contributed by atoms with Gasteiger partial charge in [-0.1, -0.05) is 0 Å². The van der Waals surface area contributed by atoms with Gasteiger partial charge in [0.05, 0.1) is 12.7 Å². The average molecular weight is 307 g/mol. The monoisotopic (exact) mass is 307 g/mol. The van der Waals surface area contributed by atoms with E-state index in [1.807, 2.05) is 4.72 Å². The Morgan fingerprint density at radius 3 is 2.56 bits per heavy atom. The van der Waals surface area contributed by atoms with Gasteiger partial charge in [-0.2, -0.15) is 8.42 Å². The third kappa shape index (κ3) is 4.83. The summed E-state index contributed by atoms with van der Waals surface area (Å²) in [6.07, 6.45) is -4.17. The predicted octanol–water partition coefficient (Wildman–Crippen LogP) is -2.63. The lowest BCUT2D eigenvalue weighted by atomic mass is 10.0. The molecule has 0 spiro atoms. The van der Waals surface area contributed by atoms with E-state index in [9.17, 15) is 17.7 Å². The van der Waals surface area contributed by atoms with Crippen molar-refractivity contribution in [2.45, 2.75) is 31.0 Å². The maximum atomic E-state index is 10.6. The third-order valence-corrected chi connectivity index (χ3v) is 3.18. The maximum absolute atomic E-state index is 10.6. The second-order valence-corrected chi connectivity index (χ2v) is 5.30. The van der Waals surface area contributed by atoms with Gasteiger partial charge >= 0.3 is 10.4 Å². The van der Waals surface area contributed by atoms with Crippen LogP contribution in [0.2, 0.25) is 0 Å². The summed E-state index contributed by atoms with van der Waals surface area (Å²) in [6.45, 7) is -0.517. The van der Waals surface area contributed by atoms with Gasteiger partial charge in [0.2, 0.25) is 11.3 Å². The molecule has 0 saturated carbocycles. The Hall–Kier alpha value is -0.180. The molecule has 1 heterocycles. The largest absolute Gasteiger partial charge is 0.397 e. The molecule has 0 amide bonds. The fraction of sp³-hybridized carbons (Fsp3) is 1.00. The van der Waals surface area contributed by atoms with Crippen LogP contribution < -0.4 is 4.72 Å². The van der Waals surface area contributed by atoms with E-state index in [0.29, 0.717) is 0 Å². The van der Waals surface area contributed by atoms with E-state index in [-0.39, 0.29) is 6.42 Å². The highest BCUT2D eigenvalue weighted by atomic mass is 32.3. The van der Waals surface area contributed by atoms with Gasteiger partial charge in [0.25, 0.3) is 0 Å². The molecule has 10 nitrogen and oxygen atoms in total. The lowest BCUT2D eigenvalue weighted by Crippen LogP contribution is -2.57. The minimum absolute atomic E-state index is 0.206. The van der Waals surface area contributed by atoms with Crippen molar-refractivity contribution in [1.82, 2.24) is 4.72 Å². The summed E-state index contributed by atoms with van der Waals surface area (Å²) in [7, 11) is -4.82. The third-order valence-electron chi connectivity index (χ3n) is 2.22. The summed E-state index contributed by atoms with van der Waals surface area (Å²) >= 11 is -2.56. The smallest absolute Gasteiger partial charge is 0.394 e. The second-order valence-electron chi connectivity index (χ2n) is 3.52. The van der Waals surface area contributed by atoms with Crippen molar-refractivity contribution < 1.29 is 40.9 Å². The predicted molar refractivity (Wildman–Crippen MR) is 56.7 cm³/mol. The summed E-state index contributed by atoms with van der Waals surface area (Å²) in [6, 6.07) is -1.36. The average Bonchev–Trinajstić information content (AvgIpc) is 2.20. The number of aliphatic hydroxyl groups excluding tert-OH is 2. The highest BCUT2D eigenvalue weighted by Gasteiger charge is 2.41. The first-order chi connectivity index (χ1) is 8.23. The molecule has 0 aliphatic carbocycles. The number of nitrogens with one attached hydrogen (secondary N) is 1. The Bertz CT molecular complexity index is 398. The lowest BCUT2D eigenvalue weighted by Gasteiger charge is -2.37. The molecule has 0 aromatic rings. The van der Waals surface area contributed by atoms with E-state index in [1.165, 1.54) is 0 Å². The summed E-state index contributed by atoms with van der Waals surface area (Å²) in [5.74, 6) is 0. The molecule has 0 aromatic carbocycles. The van der Waals surface area contributed by atoms with Crippen molar-refractivity contribution in [1.29, 1.82) is 0 Å². The van der Waals surface area contributed by atoms with Gasteiger partial charge in [-0.3, -0.25) is 9.11 Å². The van der Waals surface area contributed by atoms with E-state index < -0.39 is 52.8 Å². The molecule has 1 fully saturated rings. The van der Waals surface area contributed by atoms with Crippen molar-refractivity contribution in [3.8, 4) is 0 Å². The van der Waals surface area contributed by atoms with Gasteiger partial charge < -0.3 is 14.9 Å². The Labute approximate surface area is 105 Å². The highest BCUT2D eigenvalue weighted by Crippen LogP contribution is 2.22. The zero-order valence-electron chi connectivity index (χ0n) is 8.87. The summed E-state index contributed by atoms with van der Waals surface area (Å²) < 4.78 is 60.0. The quantitative estimate of drug-likeness (QED) is 0.270. The van der Waals surface area contributed by atoms with Crippen molar-refractivity contribution in [2.75, 3.05) is 6.61 Å². The number of rotatable bonds is 5. The lowest BCUT2D eigenvalue weighted by molar-refractivity contribution is -0.207. The van der Waals surface area contributed by atoms with Gasteiger partial charge in [-0.15, -0.1) is 0 Å². The van der Waals surface area contributed by atoms with Crippen LogP contribution in [0.1, 0.15) is 6.42 Å². The van der Waals surface area contributed by atoms with E-state index >= 15 is 0 Å². The fourth-order valence-corrected chi connectivity index (χ4v) is 2.56. The van der Waals surface area contributed by atoms with Gasteiger partial charge in [-0.05, 0) is 0 Å². The summed E-state index contributed by atoms with van der Waals surface area (Å²) in [5.41, 5.74) is 0. The van der Waals surface area contributed by atoms with E-state index in [2.05, 4.69) is 4.18 Å². The van der Waals surface area contributed by atoms with Gasteiger partial charge in [0.15, 0.2) is 6.29 Å². The first-order valence-electron chi connectivity index (χ1n) is 4.70. The Balaban J connectivity index is 2.85. The van der Waals surface area contributed by atoms with E-state index in [4.69, 9.17) is 18.9 Å². The van der Waals surface area contributed by atoms with Crippen LogP contribution in [-0.2, 0) is 30.6 Å². The number of aliphatic hydroxyl groups is 2. The molecule has 0 aromatic heterocycles. The van der Waals surface area contributed by atoms with Crippen LogP contribution >= 0.6 is 0 Å². The highest BCUT2D eigenvalue weighted by molar-refractivity contribution is 7.80. The van der Waals surface area contributed by atoms with Crippen LogP contribution in [0.25, 0.3) is 0 Å². The molecule has 1 aliphatic rings. The summed E-state index contributed by atoms with van der Waals surface area (Å²) in [5, 5.41) is 18.3. The molecule has 12 heteroatoms. The normalized spacial score (nSPS) is 35.3. The van der Waals surface area contributed by atoms with Crippen LogP contribution in [0.4, 0.5) is 0 Å².